The Morgan fingerprint density at radius 3 is 2.46 bits per heavy atom. The number of hydrogen-bond acceptors (Lipinski definition) is 5. The lowest BCUT2D eigenvalue weighted by atomic mass is 9.79. The van der Waals surface area contributed by atoms with Crippen molar-refractivity contribution < 1.29 is 26.3 Å². The van der Waals surface area contributed by atoms with Gasteiger partial charge in [-0.2, -0.15) is 26.3 Å². The highest BCUT2D eigenvalue weighted by Crippen LogP contribution is 2.43. The van der Waals surface area contributed by atoms with Gasteiger partial charge in [0.25, 0.3) is 0 Å². The first-order chi connectivity index (χ1) is 13.0. The fraction of sp³-hybridized carbons (Fsp3) is 0.647. The first kappa shape index (κ1) is 19.7. The van der Waals surface area contributed by atoms with Gasteiger partial charge >= 0.3 is 12.4 Å². The molecule has 2 aliphatic rings. The summed E-state index contributed by atoms with van der Waals surface area (Å²) in [4.78, 5) is 12.9. The molecule has 2 saturated heterocycles. The molecule has 0 N–H and O–H groups in total. The third-order valence-electron chi connectivity index (χ3n) is 5.30. The Hall–Kier alpha value is -1.62. The number of likely N-dealkylation sites (tertiary alicyclic amines) is 1. The summed E-state index contributed by atoms with van der Waals surface area (Å²) in [6, 6.07) is 1.50. The lowest BCUT2D eigenvalue weighted by Gasteiger charge is -2.48. The minimum atomic E-state index is -4.28. The van der Waals surface area contributed by atoms with Gasteiger partial charge in [0.05, 0.1) is 18.2 Å². The smallest absolute Gasteiger partial charge is 0.355 e. The molecule has 2 fully saturated rings. The van der Waals surface area contributed by atoms with Gasteiger partial charge in [0, 0.05) is 43.0 Å². The Morgan fingerprint density at radius 2 is 1.79 bits per heavy atom. The van der Waals surface area contributed by atoms with Crippen LogP contribution in [0, 0.1) is 5.41 Å². The van der Waals surface area contributed by atoms with Crippen molar-refractivity contribution >= 4 is 27.4 Å². The molecule has 0 radical (unpaired) electrons. The quantitative estimate of drug-likeness (QED) is 0.687. The predicted octanol–water partition coefficient (Wildman–Crippen LogP) is 4.26. The van der Waals surface area contributed by atoms with E-state index in [1.165, 1.54) is 12.4 Å². The second-order valence-electron chi connectivity index (χ2n) is 7.67. The van der Waals surface area contributed by atoms with E-state index in [4.69, 9.17) is 0 Å². The van der Waals surface area contributed by atoms with Gasteiger partial charge in [0.15, 0.2) is 0 Å². The van der Waals surface area contributed by atoms with Crippen LogP contribution in [0.2, 0.25) is 0 Å². The number of thiophene rings is 1. The molecular weight excluding hydrogens is 406 g/mol. The summed E-state index contributed by atoms with van der Waals surface area (Å²) in [6.07, 6.45) is -8.04. The van der Waals surface area contributed by atoms with Gasteiger partial charge in [0.2, 0.25) is 0 Å². The zero-order chi connectivity index (χ0) is 20.2. The molecule has 2 aliphatic heterocycles. The minimum absolute atomic E-state index is 0.00827. The van der Waals surface area contributed by atoms with Crippen molar-refractivity contribution in [1.29, 1.82) is 0 Å². The molecule has 2 aromatic heterocycles. The topological polar surface area (TPSA) is 32.3 Å². The van der Waals surface area contributed by atoms with Crippen molar-refractivity contribution in [2.45, 2.75) is 31.6 Å². The maximum atomic E-state index is 12.7. The summed E-state index contributed by atoms with van der Waals surface area (Å²) in [6.45, 7) is 2.55. The highest BCUT2D eigenvalue weighted by Gasteiger charge is 2.48. The van der Waals surface area contributed by atoms with Crippen LogP contribution in [0.25, 0.3) is 10.2 Å². The fourth-order valence-corrected chi connectivity index (χ4v) is 5.17. The van der Waals surface area contributed by atoms with Crippen LogP contribution in [0.4, 0.5) is 32.2 Å². The largest absolute Gasteiger partial charge is 0.393 e. The average Bonchev–Trinajstić information content (AvgIpc) is 3.12. The first-order valence-corrected chi connectivity index (χ1v) is 9.68. The first-order valence-electron chi connectivity index (χ1n) is 8.86. The van der Waals surface area contributed by atoms with Gasteiger partial charge < -0.3 is 9.80 Å². The Kier molecular flexibility index (Phi) is 4.72. The van der Waals surface area contributed by atoms with Crippen molar-refractivity contribution in [1.82, 2.24) is 14.9 Å². The van der Waals surface area contributed by atoms with Gasteiger partial charge in [-0.25, -0.2) is 9.97 Å². The van der Waals surface area contributed by atoms with Gasteiger partial charge in [-0.3, -0.25) is 0 Å². The molecule has 11 heteroatoms. The Labute approximate surface area is 161 Å². The van der Waals surface area contributed by atoms with Crippen molar-refractivity contribution in [2.24, 2.45) is 5.41 Å². The molecule has 28 heavy (non-hydrogen) atoms. The number of halogens is 6. The van der Waals surface area contributed by atoms with Crippen molar-refractivity contribution in [3.8, 4) is 0 Å². The SMILES string of the molecule is FC(F)(F)CCN1CC2(CCN(c3ncnc4sc(CC(F)(F)F)cc34)C2)C1. The molecule has 0 bridgehead atoms. The number of alkyl halides is 6. The van der Waals surface area contributed by atoms with E-state index >= 15 is 0 Å². The number of nitrogens with zero attached hydrogens (tertiary/aromatic N) is 4. The van der Waals surface area contributed by atoms with Crippen LogP contribution < -0.4 is 4.90 Å². The molecule has 0 saturated carbocycles. The van der Waals surface area contributed by atoms with Gasteiger partial charge in [-0.05, 0) is 12.5 Å². The van der Waals surface area contributed by atoms with E-state index < -0.39 is 25.2 Å². The standard InChI is InChI=1S/C17H18F6N4S/c18-16(19,20)2-3-26-7-15(8-26)1-4-27(9-15)13-12-5-11(6-17(21,22)23)28-14(12)25-10-24-13/h5,10H,1-4,6-9H2. The number of rotatable bonds is 4. The van der Waals surface area contributed by atoms with E-state index in [1.807, 2.05) is 4.90 Å². The molecule has 4 rings (SSSR count). The summed E-state index contributed by atoms with van der Waals surface area (Å²) in [5.74, 6) is 0.611. The van der Waals surface area contributed by atoms with E-state index in [0.717, 1.165) is 17.8 Å². The summed E-state index contributed by atoms with van der Waals surface area (Å²) in [5.41, 5.74) is -0.0618. The zero-order valence-corrected chi connectivity index (χ0v) is 15.6. The molecule has 4 heterocycles. The summed E-state index contributed by atoms with van der Waals surface area (Å²) < 4.78 is 75.1. The summed E-state index contributed by atoms with van der Waals surface area (Å²) >= 11 is 1.01. The lowest BCUT2D eigenvalue weighted by molar-refractivity contribution is -0.144. The predicted molar refractivity (Wildman–Crippen MR) is 93.5 cm³/mol. The van der Waals surface area contributed by atoms with Crippen LogP contribution in [0.1, 0.15) is 17.7 Å². The van der Waals surface area contributed by atoms with E-state index in [-0.39, 0.29) is 16.8 Å². The molecule has 0 aliphatic carbocycles. The second kappa shape index (κ2) is 6.72. The van der Waals surface area contributed by atoms with E-state index in [0.29, 0.717) is 42.2 Å². The van der Waals surface area contributed by atoms with Crippen LogP contribution in [0.3, 0.4) is 0 Å². The van der Waals surface area contributed by atoms with Crippen molar-refractivity contribution in [2.75, 3.05) is 37.6 Å². The van der Waals surface area contributed by atoms with E-state index in [2.05, 4.69) is 9.97 Å². The second-order valence-corrected chi connectivity index (χ2v) is 8.78. The Morgan fingerprint density at radius 1 is 1.04 bits per heavy atom. The van der Waals surface area contributed by atoms with E-state index in [1.54, 1.807) is 4.90 Å². The van der Waals surface area contributed by atoms with Crippen LogP contribution in [0.5, 0.6) is 0 Å². The number of fused-ring (bicyclic) bond motifs is 1. The lowest BCUT2D eigenvalue weighted by Crippen LogP contribution is -2.58. The molecule has 1 spiro atoms. The molecular formula is C17H18F6N4S. The van der Waals surface area contributed by atoms with Crippen LogP contribution in [0.15, 0.2) is 12.4 Å². The average molecular weight is 424 g/mol. The van der Waals surface area contributed by atoms with Gasteiger partial charge in [-0.15, -0.1) is 11.3 Å². The highest BCUT2D eigenvalue weighted by molar-refractivity contribution is 7.18. The molecule has 154 valence electrons. The van der Waals surface area contributed by atoms with Crippen molar-refractivity contribution in [3.05, 3.63) is 17.3 Å². The molecule has 0 unspecified atom stereocenters. The fourth-order valence-electron chi connectivity index (χ4n) is 4.15. The molecule has 0 atom stereocenters. The highest BCUT2D eigenvalue weighted by atomic mass is 32.1. The number of hydrogen-bond donors (Lipinski definition) is 0. The molecule has 0 aromatic carbocycles. The maximum absolute atomic E-state index is 12.7. The minimum Gasteiger partial charge on any atom is -0.355 e. The number of aromatic nitrogens is 2. The van der Waals surface area contributed by atoms with Crippen molar-refractivity contribution in [3.63, 3.8) is 0 Å². The van der Waals surface area contributed by atoms with Crippen LogP contribution in [-0.4, -0.2) is 59.9 Å². The third kappa shape index (κ3) is 4.19. The van der Waals surface area contributed by atoms with E-state index in [9.17, 15) is 26.3 Å². The van der Waals surface area contributed by atoms with Crippen LogP contribution in [-0.2, 0) is 6.42 Å². The van der Waals surface area contributed by atoms with Gasteiger partial charge in [-0.1, -0.05) is 0 Å². The molecule has 0 amide bonds. The zero-order valence-electron chi connectivity index (χ0n) is 14.8. The Bertz CT molecular complexity index is 855. The molecule has 4 nitrogen and oxygen atoms in total. The molecule has 2 aromatic rings. The Balaban J connectivity index is 1.44. The normalized spacial score (nSPS) is 20.3. The monoisotopic (exact) mass is 424 g/mol. The summed E-state index contributed by atoms with van der Waals surface area (Å²) in [7, 11) is 0. The maximum Gasteiger partial charge on any atom is 0.393 e. The summed E-state index contributed by atoms with van der Waals surface area (Å²) in [5, 5.41) is 0.608. The van der Waals surface area contributed by atoms with Crippen LogP contribution >= 0.6 is 11.3 Å². The third-order valence-corrected chi connectivity index (χ3v) is 6.34. The number of anilines is 1. The van der Waals surface area contributed by atoms with Gasteiger partial charge in [0.1, 0.15) is 17.0 Å².